The number of carbonyl (C=O) groups is 1. The molecule has 2 aromatic carbocycles. The minimum Gasteiger partial charge on any atom is -0.420 e. The number of fused-ring (bicyclic) bond motifs is 1. The summed E-state index contributed by atoms with van der Waals surface area (Å²) in [5, 5.41) is 3.60. The second-order valence-corrected chi connectivity index (χ2v) is 6.88. The van der Waals surface area contributed by atoms with Crippen LogP contribution in [0.2, 0.25) is 5.02 Å². The van der Waals surface area contributed by atoms with E-state index in [1.165, 1.54) is 6.07 Å². The monoisotopic (exact) mass is 373 g/mol. The molecule has 4 rings (SSSR count). The van der Waals surface area contributed by atoms with Gasteiger partial charge in [0.2, 0.25) is 0 Å². The number of likely N-dealkylation sites (tertiary alicyclic amines) is 1. The number of hydrogen-bond acceptors (Lipinski definition) is 4. The van der Waals surface area contributed by atoms with Gasteiger partial charge in [0, 0.05) is 19.1 Å². The lowest BCUT2D eigenvalue weighted by Gasteiger charge is -2.17. The third kappa shape index (κ3) is 3.12. The van der Waals surface area contributed by atoms with Gasteiger partial charge in [-0.2, -0.15) is 4.98 Å². The fraction of sp³-hybridized carbons (Fsp3) is 0.263. The second-order valence-electron chi connectivity index (χ2n) is 6.47. The summed E-state index contributed by atoms with van der Waals surface area (Å²) in [6.45, 7) is 3.04. The van der Waals surface area contributed by atoms with E-state index in [1.54, 1.807) is 29.2 Å². The maximum atomic E-state index is 13.7. The summed E-state index contributed by atoms with van der Waals surface area (Å²) in [6.07, 6.45) is 0.746. The number of para-hydroxylation sites is 1. The summed E-state index contributed by atoms with van der Waals surface area (Å²) in [5.74, 6) is -0.535. The van der Waals surface area contributed by atoms with Crippen LogP contribution in [0.1, 0.15) is 22.3 Å². The van der Waals surface area contributed by atoms with E-state index < -0.39 is 5.82 Å². The van der Waals surface area contributed by atoms with E-state index in [4.69, 9.17) is 16.0 Å². The van der Waals surface area contributed by atoms with Crippen LogP contribution in [-0.2, 0) is 0 Å². The second kappa shape index (κ2) is 6.61. The van der Waals surface area contributed by atoms with E-state index in [0.717, 1.165) is 12.0 Å². The van der Waals surface area contributed by atoms with Crippen LogP contribution in [0.15, 0.2) is 40.8 Å². The average molecular weight is 374 g/mol. The molecule has 3 aromatic rings. The molecule has 26 heavy (non-hydrogen) atoms. The average Bonchev–Trinajstić information content (AvgIpc) is 3.24. The predicted octanol–water partition coefficient (Wildman–Crippen LogP) is 4.26. The molecule has 1 amide bonds. The van der Waals surface area contributed by atoms with Gasteiger partial charge in [0.05, 0.1) is 10.6 Å². The number of carbonyl (C=O) groups excluding carboxylic acids is 1. The van der Waals surface area contributed by atoms with E-state index in [-0.39, 0.29) is 23.5 Å². The van der Waals surface area contributed by atoms with Crippen LogP contribution in [0.5, 0.6) is 0 Å². The summed E-state index contributed by atoms with van der Waals surface area (Å²) in [5.41, 5.74) is 2.09. The van der Waals surface area contributed by atoms with Crippen LogP contribution in [0.4, 0.5) is 10.4 Å². The van der Waals surface area contributed by atoms with Crippen LogP contribution in [0.25, 0.3) is 11.1 Å². The standard InChI is InChI=1S/C19H17ClFN3O2/c1-11-5-6-14(20)13(9-11)18(25)24-8-7-12(10-24)22-19-23-16-4-2-3-15(21)17(16)26-19/h2-6,9,12H,7-8,10H2,1H3,(H,22,23)/t12-/m1/s1. The molecule has 0 radical (unpaired) electrons. The predicted molar refractivity (Wildman–Crippen MR) is 98.1 cm³/mol. The van der Waals surface area contributed by atoms with Crippen molar-refractivity contribution in [3.8, 4) is 0 Å². The number of halogens is 2. The molecular weight excluding hydrogens is 357 g/mol. The molecule has 134 valence electrons. The maximum Gasteiger partial charge on any atom is 0.296 e. The maximum absolute atomic E-state index is 13.7. The Labute approximate surface area is 154 Å². The Bertz CT molecular complexity index is 988. The van der Waals surface area contributed by atoms with Crippen molar-refractivity contribution in [2.45, 2.75) is 19.4 Å². The Hall–Kier alpha value is -2.60. The molecule has 7 heteroatoms. The molecule has 1 fully saturated rings. The highest BCUT2D eigenvalue weighted by atomic mass is 35.5. The SMILES string of the molecule is Cc1ccc(Cl)c(C(=O)N2CC[C@@H](Nc3nc4cccc(F)c4o3)C2)c1. The number of aryl methyl sites for hydroxylation is 1. The van der Waals surface area contributed by atoms with Crippen molar-refractivity contribution in [2.24, 2.45) is 0 Å². The summed E-state index contributed by atoms with van der Waals surface area (Å²) in [7, 11) is 0. The number of oxazole rings is 1. The Morgan fingerprint density at radius 2 is 2.23 bits per heavy atom. The van der Waals surface area contributed by atoms with Crippen molar-refractivity contribution in [2.75, 3.05) is 18.4 Å². The molecule has 1 N–H and O–H groups in total. The summed E-state index contributed by atoms with van der Waals surface area (Å²) in [4.78, 5) is 18.7. The Balaban J connectivity index is 1.47. The van der Waals surface area contributed by atoms with Gasteiger partial charge >= 0.3 is 0 Å². The summed E-state index contributed by atoms with van der Waals surface area (Å²) >= 11 is 6.17. The molecule has 1 aliphatic rings. The van der Waals surface area contributed by atoms with Gasteiger partial charge in [-0.1, -0.05) is 29.3 Å². The number of rotatable bonds is 3. The van der Waals surface area contributed by atoms with Crippen molar-refractivity contribution in [3.05, 3.63) is 58.4 Å². The van der Waals surface area contributed by atoms with Gasteiger partial charge in [-0.05, 0) is 37.6 Å². The van der Waals surface area contributed by atoms with E-state index in [2.05, 4.69) is 10.3 Å². The molecule has 1 aliphatic heterocycles. The molecule has 0 saturated carbocycles. The molecule has 0 unspecified atom stereocenters. The topological polar surface area (TPSA) is 58.4 Å². The van der Waals surface area contributed by atoms with Gasteiger partial charge in [-0.15, -0.1) is 0 Å². The van der Waals surface area contributed by atoms with Crippen molar-refractivity contribution < 1.29 is 13.6 Å². The van der Waals surface area contributed by atoms with Crippen molar-refractivity contribution in [1.29, 1.82) is 0 Å². The molecule has 0 aliphatic carbocycles. The van der Waals surface area contributed by atoms with Gasteiger partial charge < -0.3 is 14.6 Å². The minimum atomic E-state index is -0.444. The highest BCUT2D eigenvalue weighted by Gasteiger charge is 2.29. The summed E-state index contributed by atoms with van der Waals surface area (Å²) in [6, 6.07) is 10.3. The molecule has 2 heterocycles. The molecule has 1 atom stereocenters. The normalized spacial score (nSPS) is 17.0. The zero-order valence-corrected chi connectivity index (χ0v) is 14.9. The van der Waals surface area contributed by atoms with Crippen LogP contribution < -0.4 is 5.32 Å². The number of amides is 1. The molecule has 0 spiro atoms. The third-order valence-corrected chi connectivity index (χ3v) is 4.85. The van der Waals surface area contributed by atoms with Crippen molar-refractivity contribution in [1.82, 2.24) is 9.88 Å². The lowest BCUT2D eigenvalue weighted by atomic mass is 10.1. The molecule has 0 bridgehead atoms. The van der Waals surface area contributed by atoms with Crippen LogP contribution in [-0.4, -0.2) is 34.9 Å². The highest BCUT2D eigenvalue weighted by molar-refractivity contribution is 6.33. The Kier molecular flexibility index (Phi) is 4.28. The first kappa shape index (κ1) is 16.8. The number of nitrogens with zero attached hydrogens (tertiary/aromatic N) is 2. The number of aromatic nitrogens is 1. The Morgan fingerprint density at radius 1 is 1.38 bits per heavy atom. The quantitative estimate of drug-likeness (QED) is 0.745. The van der Waals surface area contributed by atoms with Crippen LogP contribution in [0, 0.1) is 12.7 Å². The first-order chi connectivity index (χ1) is 12.5. The molecule has 1 saturated heterocycles. The van der Waals surface area contributed by atoms with Gasteiger partial charge in [-0.25, -0.2) is 4.39 Å². The van der Waals surface area contributed by atoms with E-state index in [9.17, 15) is 9.18 Å². The minimum absolute atomic E-state index is 0.0151. The number of benzene rings is 2. The lowest BCUT2D eigenvalue weighted by Crippen LogP contribution is -2.31. The van der Waals surface area contributed by atoms with E-state index in [0.29, 0.717) is 29.2 Å². The van der Waals surface area contributed by atoms with E-state index in [1.807, 2.05) is 13.0 Å². The zero-order chi connectivity index (χ0) is 18.3. The van der Waals surface area contributed by atoms with Crippen molar-refractivity contribution in [3.63, 3.8) is 0 Å². The fourth-order valence-electron chi connectivity index (χ4n) is 3.19. The zero-order valence-electron chi connectivity index (χ0n) is 14.1. The fourth-order valence-corrected chi connectivity index (χ4v) is 3.39. The van der Waals surface area contributed by atoms with Gasteiger partial charge in [0.25, 0.3) is 11.9 Å². The molecule has 1 aromatic heterocycles. The lowest BCUT2D eigenvalue weighted by molar-refractivity contribution is 0.0791. The van der Waals surface area contributed by atoms with Gasteiger partial charge in [0.1, 0.15) is 5.52 Å². The highest BCUT2D eigenvalue weighted by Crippen LogP contribution is 2.25. The Morgan fingerprint density at radius 3 is 3.04 bits per heavy atom. The first-order valence-corrected chi connectivity index (χ1v) is 8.76. The van der Waals surface area contributed by atoms with Crippen LogP contribution in [0.3, 0.4) is 0 Å². The summed E-state index contributed by atoms with van der Waals surface area (Å²) < 4.78 is 19.2. The first-order valence-electron chi connectivity index (χ1n) is 8.38. The third-order valence-electron chi connectivity index (χ3n) is 4.52. The van der Waals surface area contributed by atoms with Crippen LogP contribution >= 0.6 is 11.6 Å². The molecule has 5 nitrogen and oxygen atoms in total. The van der Waals surface area contributed by atoms with Crippen molar-refractivity contribution >= 4 is 34.6 Å². The number of anilines is 1. The molecular formula is C19H17ClFN3O2. The number of nitrogens with one attached hydrogen (secondary N) is 1. The smallest absolute Gasteiger partial charge is 0.296 e. The van der Waals surface area contributed by atoms with Gasteiger partial charge in [0.15, 0.2) is 11.4 Å². The van der Waals surface area contributed by atoms with E-state index >= 15 is 0 Å². The van der Waals surface area contributed by atoms with Gasteiger partial charge in [-0.3, -0.25) is 4.79 Å². The number of hydrogen-bond donors (Lipinski definition) is 1. The largest absolute Gasteiger partial charge is 0.420 e.